The lowest BCUT2D eigenvalue weighted by Gasteiger charge is -2.09. The van der Waals surface area contributed by atoms with Crippen LogP contribution in [-0.4, -0.2) is 31.8 Å². The molecular weight excluding hydrogens is 374 g/mol. The Morgan fingerprint density at radius 1 is 1.21 bits per heavy atom. The number of nitrogens with zero attached hydrogens (tertiary/aromatic N) is 5. The van der Waals surface area contributed by atoms with Gasteiger partial charge in [0.15, 0.2) is 16.6 Å². The number of hydrogen-bond acceptors (Lipinski definition) is 7. The molecule has 0 fully saturated rings. The van der Waals surface area contributed by atoms with Crippen molar-refractivity contribution in [3.8, 4) is 5.75 Å². The monoisotopic (exact) mass is 397 g/mol. The molecule has 7 nitrogen and oxygen atoms in total. The standard InChI is InChI=1S/C20H23N5O2S/c1-12(2)5-8-17-21-19(27-24-17)11-28-20-23-22-18-9-13(3)15-7-6-14(26-4)10-16(15)25(18)20/h6-7,9-10,12H,5,8,11H2,1-4H3. The van der Waals surface area contributed by atoms with E-state index in [2.05, 4.69) is 47.2 Å². The molecule has 0 N–H and O–H groups in total. The molecule has 4 rings (SSSR count). The summed E-state index contributed by atoms with van der Waals surface area (Å²) in [5.41, 5.74) is 2.98. The minimum absolute atomic E-state index is 0.550. The van der Waals surface area contributed by atoms with Crippen molar-refractivity contribution in [3.05, 3.63) is 41.5 Å². The Labute approximate surface area is 167 Å². The molecule has 146 valence electrons. The van der Waals surface area contributed by atoms with E-state index in [1.54, 1.807) is 7.11 Å². The van der Waals surface area contributed by atoms with Crippen molar-refractivity contribution < 1.29 is 9.26 Å². The summed E-state index contributed by atoms with van der Waals surface area (Å²) < 4.78 is 12.8. The van der Waals surface area contributed by atoms with Gasteiger partial charge in [0.05, 0.1) is 18.4 Å². The van der Waals surface area contributed by atoms with Crippen molar-refractivity contribution >= 4 is 28.3 Å². The molecule has 0 bridgehead atoms. The minimum atomic E-state index is 0.550. The number of fused-ring (bicyclic) bond motifs is 3. The average molecular weight is 398 g/mol. The number of methoxy groups -OCH3 is 1. The fraction of sp³-hybridized carbons (Fsp3) is 0.400. The summed E-state index contributed by atoms with van der Waals surface area (Å²) in [4.78, 5) is 4.49. The predicted molar refractivity (Wildman–Crippen MR) is 109 cm³/mol. The molecular formula is C20H23N5O2S. The van der Waals surface area contributed by atoms with Gasteiger partial charge >= 0.3 is 0 Å². The molecule has 28 heavy (non-hydrogen) atoms. The summed E-state index contributed by atoms with van der Waals surface area (Å²) in [7, 11) is 1.67. The van der Waals surface area contributed by atoms with E-state index >= 15 is 0 Å². The molecule has 0 unspecified atom stereocenters. The molecule has 0 saturated heterocycles. The van der Waals surface area contributed by atoms with Crippen LogP contribution in [0.2, 0.25) is 0 Å². The third-order valence-corrected chi connectivity index (χ3v) is 5.57. The second kappa shape index (κ2) is 7.79. The van der Waals surface area contributed by atoms with Crippen LogP contribution in [0.3, 0.4) is 0 Å². The Morgan fingerprint density at radius 2 is 2.07 bits per heavy atom. The maximum Gasteiger partial charge on any atom is 0.237 e. The van der Waals surface area contributed by atoms with Gasteiger partial charge in [-0.2, -0.15) is 4.98 Å². The first-order chi connectivity index (χ1) is 13.5. The number of benzene rings is 1. The quantitative estimate of drug-likeness (QED) is 0.426. The second-order valence-corrected chi connectivity index (χ2v) is 8.15. The van der Waals surface area contributed by atoms with Crippen LogP contribution in [0.4, 0.5) is 0 Å². The minimum Gasteiger partial charge on any atom is -0.497 e. The first-order valence-electron chi connectivity index (χ1n) is 9.32. The number of pyridine rings is 1. The molecule has 4 aromatic rings. The largest absolute Gasteiger partial charge is 0.497 e. The fourth-order valence-corrected chi connectivity index (χ4v) is 3.91. The number of aromatic nitrogens is 5. The zero-order chi connectivity index (χ0) is 19.7. The van der Waals surface area contributed by atoms with E-state index in [4.69, 9.17) is 9.26 Å². The van der Waals surface area contributed by atoms with E-state index < -0.39 is 0 Å². The average Bonchev–Trinajstić information content (AvgIpc) is 3.31. The van der Waals surface area contributed by atoms with Crippen LogP contribution in [0.25, 0.3) is 16.6 Å². The Hall–Kier alpha value is -2.61. The van der Waals surface area contributed by atoms with E-state index in [9.17, 15) is 0 Å². The Bertz CT molecular complexity index is 1120. The van der Waals surface area contributed by atoms with Crippen molar-refractivity contribution in [1.29, 1.82) is 0 Å². The van der Waals surface area contributed by atoms with Gasteiger partial charge < -0.3 is 9.26 Å². The highest BCUT2D eigenvalue weighted by Gasteiger charge is 2.14. The van der Waals surface area contributed by atoms with Crippen LogP contribution in [0.15, 0.2) is 33.9 Å². The maximum atomic E-state index is 5.41. The SMILES string of the molecule is COc1ccc2c(C)cc3nnc(SCc4nc(CCC(C)C)no4)n3c2c1. The van der Waals surface area contributed by atoms with Crippen LogP contribution in [0.1, 0.15) is 37.5 Å². The highest BCUT2D eigenvalue weighted by molar-refractivity contribution is 7.98. The van der Waals surface area contributed by atoms with Crippen molar-refractivity contribution in [2.75, 3.05) is 7.11 Å². The molecule has 0 radical (unpaired) electrons. The topological polar surface area (TPSA) is 78.3 Å². The summed E-state index contributed by atoms with van der Waals surface area (Å²) >= 11 is 1.53. The highest BCUT2D eigenvalue weighted by Crippen LogP contribution is 2.29. The van der Waals surface area contributed by atoms with E-state index in [-0.39, 0.29) is 0 Å². The maximum absolute atomic E-state index is 5.41. The fourth-order valence-electron chi connectivity index (χ4n) is 3.12. The third-order valence-electron chi connectivity index (χ3n) is 4.65. The molecule has 0 spiro atoms. The van der Waals surface area contributed by atoms with Gasteiger partial charge in [-0.25, -0.2) is 0 Å². The van der Waals surface area contributed by atoms with Crippen molar-refractivity contribution in [1.82, 2.24) is 24.7 Å². The number of hydrogen-bond donors (Lipinski definition) is 0. The normalized spacial score (nSPS) is 11.8. The summed E-state index contributed by atoms with van der Waals surface area (Å²) in [5, 5.41) is 14.7. The molecule has 0 amide bonds. The zero-order valence-electron chi connectivity index (χ0n) is 16.5. The number of rotatable bonds is 7. The molecule has 3 heterocycles. The predicted octanol–water partition coefficient (Wildman–Crippen LogP) is 4.46. The van der Waals surface area contributed by atoms with Gasteiger partial charge in [-0.05, 0) is 43.0 Å². The van der Waals surface area contributed by atoms with Crippen LogP contribution in [0.5, 0.6) is 5.75 Å². The molecule has 0 aliphatic rings. The van der Waals surface area contributed by atoms with Gasteiger partial charge in [0.25, 0.3) is 0 Å². The molecule has 3 aromatic heterocycles. The van der Waals surface area contributed by atoms with Gasteiger partial charge in [0.1, 0.15) is 5.75 Å². The van der Waals surface area contributed by atoms with E-state index in [0.29, 0.717) is 17.6 Å². The van der Waals surface area contributed by atoms with E-state index in [1.807, 2.05) is 22.6 Å². The Balaban J connectivity index is 1.62. The Kier molecular flexibility index (Phi) is 5.21. The van der Waals surface area contributed by atoms with E-state index in [1.165, 1.54) is 11.8 Å². The van der Waals surface area contributed by atoms with Crippen LogP contribution in [0, 0.1) is 12.8 Å². The zero-order valence-corrected chi connectivity index (χ0v) is 17.3. The first-order valence-corrected chi connectivity index (χ1v) is 10.3. The second-order valence-electron chi connectivity index (χ2n) is 7.21. The summed E-state index contributed by atoms with van der Waals surface area (Å²) in [6, 6.07) is 8.09. The summed E-state index contributed by atoms with van der Waals surface area (Å²) in [6.07, 6.45) is 1.89. The lowest BCUT2D eigenvalue weighted by Crippen LogP contribution is -1.95. The lowest BCUT2D eigenvalue weighted by atomic mass is 10.1. The van der Waals surface area contributed by atoms with Crippen LogP contribution >= 0.6 is 11.8 Å². The summed E-state index contributed by atoms with van der Waals surface area (Å²) in [6.45, 7) is 6.45. The van der Waals surface area contributed by atoms with Gasteiger partial charge in [-0.15, -0.1) is 10.2 Å². The van der Waals surface area contributed by atoms with Crippen LogP contribution in [-0.2, 0) is 12.2 Å². The Morgan fingerprint density at radius 3 is 2.86 bits per heavy atom. The third kappa shape index (κ3) is 3.69. The number of thioether (sulfide) groups is 1. The molecule has 0 aliphatic carbocycles. The van der Waals surface area contributed by atoms with Gasteiger partial charge in [-0.3, -0.25) is 4.40 Å². The lowest BCUT2D eigenvalue weighted by molar-refractivity contribution is 0.383. The smallest absolute Gasteiger partial charge is 0.237 e. The number of aryl methyl sites for hydroxylation is 2. The van der Waals surface area contributed by atoms with Crippen molar-refractivity contribution in [2.45, 2.75) is 44.5 Å². The van der Waals surface area contributed by atoms with Gasteiger partial charge in [0.2, 0.25) is 5.89 Å². The first kappa shape index (κ1) is 18.7. The van der Waals surface area contributed by atoms with Crippen molar-refractivity contribution in [3.63, 3.8) is 0 Å². The molecule has 0 atom stereocenters. The highest BCUT2D eigenvalue weighted by atomic mass is 32.2. The number of ether oxygens (including phenoxy) is 1. The van der Waals surface area contributed by atoms with E-state index in [0.717, 1.165) is 51.7 Å². The van der Waals surface area contributed by atoms with Gasteiger partial charge in [-0.1, -0.05) is 30.8 Å². The molecule has 1 aromatic carbocycles. The molecule has 0 aliphatic heterocycles. The molecule has 0 saturated carbocycles. The van der Waals surface area contributed by atoms with Crippen LogP contribution < -0.4 is 4.74 Å². The van der Waals surface area contributed by atoms with Gasteiger partial charge in [0, 0.05) is 17.9 Å². The molecule has 8 heteroatoms. The summed E-state index contributed by atoms with van der Waals surface area (Å²) in [5.74, 6) is 3.34. The van der Waals surface area contributed by atoms with Crippen molar-refractivity contribution in [2.24, 2.45) is 5.92 Å².